The number of aliphatic hydroxyl groups is 1. The van der Waals surface area contributed by atoms with Gasteiger partial charge in [-0.15, -0.1) is 0 Å². The van der Waals surface area contributed by atoms with Gasteiger partial charge in [-0.2, -0.15) is 0 Å². The maximum Gasteiger partial charge on any atom is 0.153 e. The molecule has 0 aliphatic rings. The number of hydrogen-bond donors (Lipinski definition) is 1. The SMILES string of the molecule is OCc1ncc(-c2ccccc2)cn1. The Bertz CT molecular complexity index is 397. The summed E-state index contributed by atoms with van der Waals surface area (Å²) in [5, 5.41) is 8.77. The van der Waals surface area contributed by atoms with E-state index in [2.05, 4.69) is 9.97 Å². The predicted molar refractivity (Wildman–Crippen MR) is 53.4 cm³/mol. The third-order valence-electron chi connectivity index (χ3n) is 1.95. The Morgan fingerprint density at radius 1 is 0.929 bits per heavy atom. The van der Waals surface area contributed by atoms with E-state index in [1.54, 1.807) is 12.4 Å². The molecule has 0 fully saturated rings. The Kier molecular flexibility index (Phi) is 2.51. The molecule has 0 radical (unpaired) electrons. The van der Waals surface area contributed by atoms with E-state index in [1.165, 1.54) is 0 Å². The molecule has 14 heavy (non-hydrogen) atoms. The van der Waals surface area contributed by atoms with Crippen LogP contribution >= 0.6 is 0 Å². The number of benzene rings is 1. The molecule has 3 heteroatoms. The normalized spacial score (nSPS) is 10.1. The van der Waals surface area contributed by atoms with E-state index in [0.29, 0.717) is 5.82 Å². The molecule has 0 aliphatic carbocycles. The van der Waals surface area contributed by atoms with Crippen LogP contribution in [0.15, 0.2) is 42.7 Å². The molecule has 2 aromatic rings. The van der Waals surface area contributed by atoms with Crippen LogP contribution in [0.3, 0.4) is 0 Å². The van der Waals surface area contributed by atoms with Gasteiger partial charge in [-0.05, 0) is 5.56 Å². The van der Waals surface area contributed by atoms with Crippen molar-refractivity contribution in [3.63, 3.8) is 0 Å². The van der Waals surface area contributed by atoms with Gasteiger partial charge in [-0.25, -0.2) is 9.97 Å². The van der Waals surface area contributed by atoms with E-state index in [0.717, 1.165) is 11.1 Å². The molecule has 0 unspecified atom stereocenters. The zero-order valence-electron chi connectivity index (χ0n) is 7.59. The molecule has 1 heterocycles. The molecule has 0 saturated carbocycles. The van der Waals surface area contributed by atoms with Gasteiger partial charge in [-0.3, -0.25) is 0 Å². The first-order valence-electron chi connectivity index (χ1n) is 4.37. The van der Waals surface area contributed by atoms with Crippen LogP contribution in [0.2, 0.25) is 0 Å². The topological polar surface area (TPSA) is 46.0 Å². The van der Waals surface area contributed by atoms with Crippen LogP contribution in [0.1, 0.15) is 5.82 Å². The second-order valence-electron chi connectivity index (χ2n) is 2.91. The lowest BCUT2D eigenvalue weighted by atomic mass is 10.1. The van der Waals surface area contributed by atoms with Crippen molar-refractivity contribution in [2.75, 3.05) is 0 Å². The molecule has 0 saturated heterocycles. The van der Waals surface area contributed by atoms with Crippen LogP contribution in [0, 0.1) is 0 Å². The standard InChI is InChI=1S/C11H10N2O/c14-8-11-12-6-10(7-13-11)9-4-2-1-3-5-9/h1-7,14H,8H2. The van der Waals surface area contributed by atoms with Gasteiger partial charge in [0.25, 0.3) is 0 Å². The first kappa shape index (κ1) is 8.84. The average molecular weight is 186 g/mol. The van der Waals surface area contributed by atoms with Gasteiger partial charge in [0.1, 0.15) is 6.61 Å². The zero-order chi connectivity index (χ0) is 9.80. The molecule has 0 amide bonds. The third-order valence-corrected chi connectivity index (χ3v) is 1.95. The predicted octanol–water partition coefficient (Wildman–Crippen LogP) is 1.64. The van der Waals surface area contributed by atoms with E-state index in [4.69, 9.17) is 5.11 Å². The number of hydrogen-bond acceptors (Lipinski definition) is 3. The van der Waals surface area contributed by atoms with Crippen LogP contribution in [0.25, 0.3) is 11.1 Å². The highest BCUT2D eigenvalue weighted by Crippen LogP contribution is 2.15. The Hall–Kier alpha value is -1.74. The second-order valence-corrected chi connectivity index (χ2v) is 2.91. The first-order chi connectivity index (χ1) is 6.90. The smallest absolute Gasteiger partial charge is 0.153 e. The maximum absolute atomic E-state index is 8.77. The van der Waals surface area contributed by atoms with E-state index in [1.807, 2.05) is 30.3 Å². The lowest BCUT2D eigenvalue weighted by Crippen LogP contribution is -1.93. The Morgan fingerprint density at radius 3 is 2.14 bits per heavy atom. The third kappa shape index (κ3) is 1.78. The lowest BCUT2D eigenvalue weighted by Gasteiger charge is -2.00. The molecule has 70 valence electrons. The highest BCUT2D eigenvalue weighted by molar-refractivity contribution is 5.60. The summed E-state index contributed by atoms with van der Waals surface area (Å²) in [5.41, 5.74) is 2.04. The molecular formula is C11H10N2O. The largest absolute Gasteiger partial charge is 0.388 e. The minimum absolute atomic E-state index is 0.116. The van der Waals surface area contributed by atoms with Gasteiger partial charge < -0.3 is 5.11 Å². The molecule has 1 aromatic carbocycles. The number of aromatic nitrogens is 2. The second kappa shape index (κ2) is 3.98. The Labute approximate surface area is 82.1 Å². The van der Waals surface area contributed by atoms with Gasteiger partial charge in [0.2, 0.25) is 0 Å². The molecule has 0 spiro atoms. The van der Waals surface area contributed by atoms with Crippen molar-refractivity contribution in [2.45, 2.75) is 6.61 Å². The first-order valence-corrected chi connectivity index (χ1v) is 4.37. The van der Waals surface area contributed by atoms with Crippen LogP contribution < -0.4 is 0 Å². The summed E-state index contributed by atoms with van der Waals surface area (Å²) in [7, 11) is 0. The van der Waals surface area contributed by atoms with Gasteiger partial charge in [0, 0.05) is 18.0 Å². The highest BCUT2D eigenvalue weighted by Gasteiger charge is 1.98. The fourth-order valence-corrected chi connectivity index (χ4v) is 1.22. The summed E-state index contributed by atoms with van der Waals surface area (Å²) in [6.45, 7) is -0.116. The van der Waals surface area contributed by atoms with E-state index in [9.17, 15) is 0 Å². The summed E-state index contributed by atoms with van der Waals surface area (Å²) in [6, 6.07) is 9.89. The Morgan fingerprint density at radius 2 is 1.57 bits per heavy atom. The molecular weight excluding hydrogens is 176 g/mol. The number of aliphatic hydroxyl groups excluding tert-OH is 1. The van der Waals surface area contributed by atoms with Gasteiger partial charge in [0.15, 0.2) is 5.82 Å². The van der Waals surface area contributed by atoms with Crippen LogP contribution in [0.4, 0.5) is 0 Å². The Balaban J connectivity index is 2.34. The van der Waals surface area contributed by atoms with Crippen LogP contribution in [-0.2, 0) is 6.61 Å². The van der Waals surface area contributed by atoms with Crippen molar-refractivity contribution < 1.29 is 5.11 Å². The minimum Gasteiger partial charge on any atom is -0.388 e. The summed E-state index contributed by atoms with van der Waals surface area (Å²) in [5.74, 6) is 0.449. The molecule has 2 rings (SSSR count). The van der Waals surface area contributed by atoms with E-state index < -0.39 is 0 Å². The molecule has 0 aliphatic heterocycles. The summed E-state index contributed by atoms with van der Waals surface area (Å²) < 4.78 is 0. The summed E-state index contributed by atoms with van der Waals surface area (Å²) in [6.07, 6.45) is 3.43. The van der Waals surface area contributed by atoms with E-state index >= 15 is 0 Å². The van der Waals surface area contributed by atoms with Crippen molar-refractivity contribution in [3.05, 3.63) is 48.5 Å². The molecule has 1 aromatic heterocycles. The van der Waals surface area contributed by atoms with Gasteiger partial charge in [-0.1, -0.05) is 30.3 Å². The van der Waals surface area contributed by atoms with E-state index in [-0.39, 0.29) is 6.61 Å². The minimum atomic E-state index is -0.116. The molecule has 0 bridgehead atoms. The summed E-state index contributed by atoms with van der Waals surface area (Å²) in [4.78, 5) is 8.02. The molecule has 1 N–H and O–H groups in total. The van der Waals surface area contributed by atoms with Crippen molar-refractivity contribution >= 4 is 0 Å². The summed E-state index contributed by atoms with van der Waals surface area (Å²) >= 11 is 0. The number of rotatable bonds is 2. The van der Waals surface area contributed by atoms with Crippen LogP contribution in [0.5, 0.6) is 0 Å². The quantitative estimate of drug-likeness (QED) is 0.775. The number of nitrogens with zero attached hydrogens (tertiary/aromatic N) is 2. The molecule has 3 nitrogen and oxygen atoms in total. The van der Waals surface area contributed by atoms with Crippen LogP contribution in [-0.4, -0.2) is 15.1 Å². The average Bonchev–Trinajstić information content (AvgIpc) is 2.30. The lowest BCUT2D eigenvalue weighted by molar-refractivity contribution is 0.271. The fourth-order valence-electron chi connectivity index (χ4n) is 1.22. The van der Waals surface area contributed by atoms with Crippen molar-refractivity contribution in [2.24, 2.45) is 0 Å². The monoisotopic (exact) mass is 186 g/mol. The molecule has 0 atom stereocenters. The van der Waals surface area contributed by atoms with Crippen molar-refractivity contribution in [1.29, 1.82) is 0 Å². The van der Waals surface area contributed by atoms with Crippen molar-refractivity contribution in [3.8, 4) is 11.1 Å². The maximum atomic E-state index is 8.77. The van der Waals surface area contributed by atoms with Crippen molar-refractivity contribution in [1.82, 2.24) is 9.97 Å². The highest BCUT2D eigenvalue weighted by atomic mass is 16.3. The van der Waals surface area contributed by atoms with Gasteiger partial charge in [0.05, 0.1) is 0 Å². The zero-order valence-corrected chi connectivity index (χ0v) is 7.59. The van der Waals surface area contributed by atoms with Gasteiger partial charge >= 0.3 is 0 Å². The fraction of sp³-hybridized carbons (Fsp3) is 0.0909.